The zero-order valence-corrected chi connectivity index (χ0v) is 18.7. The molecule has 0 radical (unpaired) electrons. The molecule has 0 unspecified atom stereocenters. The van der Waals surface area contributed by atoms with Gasteiger partial charge in [-0.25, -0.2) is 14.2 Å². The van der Waals surface area contributed by atoms with Crippen molar-refractivity contribution in [1.29, 1.82) is 0 Å². The van der Waals surface area contributed by atoms with Crippen LogP contribution in [0.4, 0.5) is 0 Å². The number of ketones is 1. The lowest BCUT2D eigenvalue weighted by Gasteiger charge is -2.16. The minimum Gasteiger partial charge on any atom is -0.299 e. The van der Waals surface area contributed by atoms with E-state index in [9.17, 15) is 9.59 Å². The van der Waals surface area contributed by atoms with Crippen molar-refractivity contribution >= 4 is 34.6 Å². The van der Waals surface area contributed by atoms with Crippen molar-refractivity contribution in [2.24, 2.45) is 7.05 Å². The van der Waals surface area contributed by atoms with Crippen LogP contribution in [-0.4, -0.2) is 34.7 Å². The van der Waals surface area contributed by atoms with Gasteiger partial charge in [-0.2, -0.15) is 10.2 Å². The second-order valence-electron chi connectivity index (χ2n) is 7.61. The van der Waals surface area contributed by atoms with E-state index in [1.165, 1.54) is 10.6 Å². The van der Waals surface area contributed by atoms with Gasteiger partial charge in [-0.3, -0.25) is 14.2 Å². The molecule has 0 aromatic carbocycles. The van der Waals surface area contributed by atoms with Crippen LogP contribution in [0.5, 0.6) is 0 Å². The highest BCUT2D eigenvalue weighted by atomic mass is 35.5. The Balaban J connectivity index is 1.71. The first-order valence-corrected chi connectivity index (χ1v) is 10.4. The highest BCUT2D eigenvalue weighted by Gasteiger charge is 2.20. The number of rotatable bonds is 6. The lowest BCUT2D eigenvalue weighted by Crippen LogP contribution is -2.25. The van der Waals surface area contributed by atoms with Gasteiger partial charge in [0.1, 0.15) is 16.6 Å². The fourth-order valence-electron chi connectivity index (χ4n) is 3.77. The number of aromatic nitrogens is 6. The van der Waals surface area contributed by atoms with E-state index in [2.05, 4.69) is 15.2 Å². The molecule has 0 saturated carbocycles. The van der Waals surface area contributed by atoms with Crippen LogP contribution >= 0.6 is 23.2 Å². The SMILES string of the molecule is CC(C)c1c(CC(=O)Cc2cc(Cl)c(=O)n(C)c2-n2cccn2)cnc2cc(Cl)nn12. The molecular formula is C21H20Cl2N6O2. The summed E-state index contributed by atoms with van der Waals surface area (Å²) in [5, 5.41) is 8.92. The van der Waals surface area contributed by atoms with E-state index in [4.69, 9.17) is 23.2 Å². The Bertz CT molecular complexity index is 1340. The maximum absolute atomic E-state index is 13.1. The Hall–Kier alpha value is -2.97. The highest BCUT2D eigenvalue weighted by Crippen LogP contribution is 2.23. The van der Waals surface area contributed by atoms with Gasteiger partial charge in [-0.05, 0) is 23.6 Å². The average Bonchev–Trinajstić information content (AvgIpc) is 3.34. The van der Waals surface area contributed by atoms with Crippen molar-refractivity contribution in [1.82, 2.24) is 28.9 Å². The molecule has 4 aromatic heterocycles. The Morgan fingerprint density at radius 2 is 1.90 bits per heavy atom. The van der Waals surface area contributed by atoms with E-state index in [0.717, 1.165) is 11.3 Å². The number of halogens is 2. The van der Waals surface area contributed by atoms with Gasteiger partial charge in [0.15, 0.2) is 10.8 Å². The number of hydrogen-bond donors (Lipinski definition) is 0. The van der Waals surface area contributed by atoms with Crippen molar-refractivity contribution < 1.29 is 4.79 Å². The Morgan fingerprint density at radius 1 is 1.16 bits per heavy atom. The molecule has 0 atom stereocenters. The van der Waals surface area contributed by atoms with E-state index >= 15 is 0 Å². The number of nitrogens with zero attached hydrogens (tertiary/aromatic N) is 6. The summed E-state index contributed by atoms with van der Waals surface area (Å²) in [7, 11) is 1.61. The lowest BCUT2D eigenvalue weighted by molar-refractivity contribution is -0.117. The summed E-state index contributed by atoms with van der Waals surface area (Å²) in [6, 6.07) is 4.97. The molecule has 0 saturated heterocycles. The number of carbonyl (C=O) groups excluding carboxylic acids is 1. The minimum atomic E-state index is -0.351. The Kier molecular flexibility index (Phi) is 5.68. The summed E-state index contributed by atoms with van der Waals surface area (Å²) in [5.74, 6) is 0.560. The first kappa shape index (κ1) is 21.3. The van der Waals surface area contributed by atoms with Gasteiger partial charge in [-0.15, -0.1) is 0 Å². The van der Waals surface area contributed by atoms with Crippen molar-refractivity contribution in [3.05, 3.63) is 74.1 Å². The Morgan fingerprint density at radius 3 is 2.58 bits per heavy atom. The van der Waals surface area contributed by atoms with Gasteiger partial charge < -0.3 is 0 Å². The van der Waals surface area contributed by atoms with E-state index in [1.807, 2.05) is 13.8 Å². The lowest BCUT2D eigenvalue weighted by atomic mass is 9.98. The minimum absolute atomic E-state index is 0.0515. The van der Waals surface area contributed by atoms with Crippen LogP contribution in [0, 0.1) is 0 Å². The normalized spacial score (nSPS) is 11.5. The summed E-state index contributed by atoms with van der Waals surface area (Å²) in [6.45, 7) is 4.06. The number of hydrogen-bond acceptors (Lipinski definition) is 5. The first-order chi connectivity index (χ1) is 14.8. The molecule has 0 aliphatic rings. The molecule has 8 nitrogen and oxygen atoms in total. The molecule has 0 aliphatic carbocycles. The monoisotopic (exact) mass is 458 g/mol. The number of fused-ring (bicyclic) bond motifs is 1. The summed E-state index contributed by atoms with van der Waals surface area (Å²) in [5.41, 5.74) is 2.56. The number of carbonyl (C=O) groups is 1. The van der Waals surface area contributed by atoms with Crippen LogP contribution in [0.2, 0.25) is 10.2 Å². The molecule has 4 aromatic rings. The van der Waals surface area contributed by atoms with Gasteiger partial charge >= 0.3 is 0 Å². The van der Waals surface area contributed by atoms with Gasteiger partial charge in [0.25, 0.3) is 5.56 Å². The molecule has 31 heavy (non-hydrogen) atoms. The first-order valence-electron chi connectivity index (χ1n) is 9.69. The molecule has 0 N–H and O–H groups in total. The second kappa shape index (κ2) is 8.28. The summed E-state index contributed by atoms with van der Waals surface area (Å²) in [6.07, 6.45) is 5.26. The van der Waals surface area contributed by atoms with Crippen molar-refractivity contribution in [3.63, 3.8) is 0 Å². The molecule has 0 spiro atoms. The molecule has 10 heteroatoms. The zero-order chi connectivity index (χ0) is 22.3. The molecule has 160 valence electrons. The molecule has 4 heterocycles. The predicted octanol–water partition coefficient (Wildman–Crippen LogP) is 3.40. The van der Waals surface area contributed by atoms with Crippen LogP contribution in [0.3, 0.4) is 0 Å². The third kappa shape index (κ3) is 4.00. The van der Waals surface area contributed by atoms with Crippen molar-refractivity contribution in [2.75, 3.05) is 0 Å². The van der Waals surface area contributed by atoms with E-state index in [-0.39, 0.29) is 35.1 Å². The topological polar surface area (TPSA) is 87.1 Å². The van der Waals surface area contributed by atoms with Gasteiger partial charge in [0, 0.05) is 50.1 Å². The third-order valence-corrected chi connectivity index (χ3v) is 5.48. The predicted molar refractivity (Wildman–Crippen MR) is 118 cm³/mol. The van der Waals surface area contributed by atoms with Gasteiger partial charge in [0.2, 0.25) is 0 Å². The van der Waals surface area contributed by atoms with E-state index in [0.29, 0.717) is 22.2 Å². The maximum Gasteiger partial charge on any atom is 0.270 e. The second-order valence-corrected chi connectivity index (χ2v) is 8.40. The number of pyridine rings is 1. The number of Topliss-reactive ketones (excluding diaryl/α,β-unsaturated/α-hetero) is 1. The highest BCUT2D eigenvalue weighted by molar-refractivity contribution is 6.30. The molecule has 4 rings (SSSR count). The molecule has 0 bridgehead atoms. The summed E-state index contributed by atoms with van der Waals surface area (Å²) in [4.78, 5) is 29.8. The zero-order valence-electron chi connectivity index (χ0n) is 17.2. The van der Waals surface area contributed by atoms with Crippen LogP contribution in [-0.2, 0) is 24.7 Å². The summed E-state index contributed by atoms with van der Waals surface area (Å²) < 4.78 is 4.64. The standard InChI is InChI=1S/C21H20Cl2N6O2/c1-12(2)19-14(11-24-18-10-17(23)26-29(18)19)8-15(30)7-13-9-16(22)21(31)27(3)20(13)28-6-4-5-25-28/h4-6,9-12H,7-8H2,1-3H3. The maximum atomic E-state index is 13.1. The molecular weight excluding hydrogens is 439 g/mol. The van der Waals surface area contributed by atoms with E-state index in [1.54, 1.807) is 47.0 Å². The van der Waals surface area contributed by atoms with Gasteiger partial charge in [-0.1, -0.05) is 37.0 Å². The molecule has 0 aliphatic heterocycles. The van der Waals surface area contributed by atoms with E-state index < -0.39 is 0 Å². The average molecular weight is 459 g/mol. The van der Waals surface area contributed by atoms with Gasteiger partial charge in [0.05, 0.1) is 5.69 Å². The van der Waals surface area contributed by atoms with Crippen LogP contribution in [0.1, 0.15) is 36.6 Å². The van der Waals surface area contributed by atoms with Crippen LogP contribution < -0.4 is 5.56 Å². The third-order valence-electron chi connectivity index (χ3n) is 5.03. The van der Waals surface area contributed by atoms with Crippen LogP contribution in [0.15, 0.2) is 41.6 Å². The summed E-state index contributed by atoms with van der Waals surface area (Å²) >= 11 is 12.2. The largest absolute Gasteiger partial charge is 0.299 e. The smallest absolute Gasteiger partial charge is 0.270 e. The van der Waals surface area contributed by atoms with Crippen molar-refractivity contribution in [3.8, 4) is 5.82 Å². The fraction of sp³-hybridized carbons (Fsp3) is 0.286. The quantitative estimate of drug-likeness (QED) is 0.441. The fourth-order valence-corrected chi connectivity index (χ4v) is 4.21. The molecule has 0 fully saturated rings. The Labute approximate surface area is 188 Å². The van der Waals surface area contributed by atoms with Crippen LogP contribution in [0.25, 0.3) is 11.5 Å². The molecule has 0 amide bonds. The van der Waals surface area contributed by atoms with Crippen molar-refractivity contribution in [2.45, 2.75) is 32.6 Å².